The Morgan fingerprint density at radius 1 is 1.08 bits per heavy atom. The fraction of sp³-hybridized carbons (Fsp3) is 0.133. The van der Waals surface area contributed by atoms with E-state index >= 15 is 0 Å². The number of alkyl halides is 3. The zero-order valence-electron chi connectivity index (χ0n) is 12.3. The van der Waals surface area contributed by atoms with Crippen LogP contribution in [0.5, 0.6) is 0 Å². The van der Waals surface area contributed by atoms with Gasteiger partial charge < -0.3 is 5.11 Å². The summed E-state index contributed by atoms with van der Waals surface area (Å²) in [6.45, 7) is 1.75. The molecule has 5 nitrogen and oxygen atoms in total. The number of anilines is 1. The number of rotatable bonds is 4. The van der Waals surface area contributed by atoms with Crippen molar-refractivity contribution in [2.75, 3.05) is 4.72 Å². The molecule has 0 spiro atoms. The molecule has 2 aromatic rings. The molecular formula is C15H12F3NO4S. The van der Waals surface area contributed by atoms with Gasteiger partial charge in [-0.2, -0.15) is 13.2 Å². The van der Waals surface area contributed by atoms with Crippen LogP contribution in [0.4, 0.5) is 18.9 Å². The van der Waals surface area contributed by atoms with E-state index in [0.29, 0.717) is 12.1 Å². The van der Waals surface area contributed by atoms with Crippen molar-refractivity contribution in [1.82, 2.24) is 0 Å². The molecule has 0 aromatic heterocycles. The molecule has 0 fully saturated rings. The Morgan fingerprint density at radius 3 is 2.17 bits per heavy atom. The van der Waals surface area contributed by atoms with Crippen LogP contribution in [0, 0.1) is 6.92 Å². The highest BCUT2D eigenvalue weighted by atomic mass is 32.2. The van der Waals surface area contributed by atoms with Crippen LogP contribution < -0.4 is 4.72 Å². The van der Waals surface area contributed by atoms with Crippen molar-refractivity contribution in [3.05, 3.63) is 59.2 Å². The number of sulfonamides is 1. The first-order valence-electron chi connectivity index (χ1n) is 6.55. The standard InChI is InChI=1S/C15H12F3NO4S/c1-9-2-5-11(6-3-9)24(22,23)19-13-7-4-10(15(16,17)18)8-12(13)14(20)21/h2-8,19H,1H3,(H,20,21). The lowest BCUT2D eigenvalue weighted by molar-refractivity contribution is -0.137. The minimum Gasteiger partial charge on any atom is -0.478 e. The molecule has 0 amide bonds. The molecule has 0 aliphatic heterocycles. The zero-order chi connectivity index (χ0) is 18.1. The van der Waals surface area contributed by atoms with E-state index in [1.807, 2.05) is 4.72 Å². The molecule has 0 aliphatic carbocycles. The largest absolute Gasteiger partial charge is 0.478 e. The molecule has 0 radical (unpaired) electrons. The van der Waals surface area contributed by atoms with Crippen LogP contribution in [-0.2, 0) is 16.2 Å². The molecule has 128 valence electrons. The average Bonchev–Trinajstić information content (AvgIpc) is 2.46. The van der Waals surface area contributed by atoms with Crippen molar-refractivity contribution in [2.24, 2.45) is 0 Å². The van der Waals surface area contributed by atoms with Gasteiger partial charge in [-0.15, -0.1) is 0 Å². The van der Waals surface area contributed by atoms with Crippen LogP contribution in [0.3, 0.4) is 0 Å². The van der Waals surface area contributed by atoms with Crippen molar-refractivity contribution in [3.63, 3.8) is 0 Å². The third kappa shape index (κ3) is 3.85. The summed E-state index contributed by atoms with van der Waals surface area (Å²) in [7, 11) is -4.13. The van der Waals surface area contributed by atoms with Gasteiger partial charge in [-0.05, 0) is 37.3 Å². The number of halogens is 3. The molecule has 0 saturated heterocycles. The molecular weight excluding hydrogens is 347 g/mol. The molecule has 2 rings (SSSR count). The first-order chi connectivity index (χ1) is 11.0. The summed E-state index contributed by atoms with van der Waals surface area (Å²) in [4.78, 5) is 11.0. The van der Waals surface area contributed by atoms with Gasteiger partial charge in [0.05, 0.1) is 21.7 Å². The molecule has 0 aliphatic rings. The molecule has 24 heavy (non-hydrogen) atoms. The summed E-state index contributed by atoms with van der Waals surface area (Å²) < 4.78 is 64.5. The smallest absolute Gasteiger partial charge is 0.416 e. The Labute approximate surface area is 135 Å². The number of carboxylic acids is 1. The van der Waals surface area contributed by atoms with Gasteiger partial charge in [0.25, 0.3) is 10.0 Å². The van der Waals surface area contributed by atoms with Gasteiger partial charge >= 0.3 is 12.1 Å². The third-order valence-corrected chi connectivity index (χ3v) is 4.53. The summed E-state index contributed by atoms with van der Waals surface area (Å²) in [6, 6.07) is 7.47. The second kappa shape index (κ2) is 6.16. The summed E-state index contributed by atoms with van der Waals surface area (Å²) in [6.07, 6.45) is -4.74. The molecule has 2 aromatic carbocycles. The maximum Gasteiger partial charge on any atom is 0.416 e. The van der Waals surface area contributed by atoms with Gasteiger partial charge in [0, 0.05) is 0 Å². The summed E-state index contributed by atoms with van der Waals surface area (Å²) in [5.74, 6) is -1.68. The lowest BCUT2D eigenvalue weighted by Crippen LogP contribution is -2.16. The lowest BCUT2D eigenvalue weighted by Gasteiger charge is -2.13. The molecule has 0 unspecified atom stereocenters. The topological polar surface area (TPSA) is 83.5 Å². The summed E-state index contributed by atoms with van der Waals surface area (Å²) in [5.41, 5.74) is -1.61. The van der Waals surface area contributed by atoms with E-state index in [4.69, 9.17) is 5.11 Å². The van der Waals surface area contributed by atoms with E-state index in [1.54, 1.807) is 19.1 Å². The van der Waals surface area contributed by atoms with Gasteiger partial charge in [-0.3, -0.25) is 4.72 Å². The summed E-state index contributed by atoms with van der Waals surface area (Å²) in [5, 5.41) is 9.06. The fourth-order valence-electron chi connectivity index (χ4n) is 1.91. The van der Waals surface area contributed by atoms with E-state index in [0.717, 1.165) is 11.6 Å². The normalized spacial score (nSPS) is 12.0. The molecule has 2 N–H and O–H groups in total. The van der Waals surface area contributed by atoms with Crippen molar-refractivity contribution in [3.8, 4) is 0 Å². The predicted octanol–water partition coefficient (Wildman–Crippen LogP) is 3.51. The van der Waals surface area contributed by atoms with Crippen molar-refractivity contribution in [1.29, 1.82) is 0 Å². The number of aryl methyl sites for hydroxylation is 1. The van der Waals surface area contributed by atoms with Crippen molar-refractivity contribution in [2.45, 2.75) is 18.0 Å². The fourth-order valence-corrected chi connectivity index (χ4v) is 2.99. The van der Waals surface area contributed by atoms with Crippen LogP contribution in [0.15, 0.2) is 47.4 Å². The lowest BCUT2D eigenvalue weighted by atomic mass is 10.1. The number of hydrogen-bond acceptors (Lipinski definition) is 3. The monoisotopic (exact) mass is 359 g/mol. The van der Waals surface area contributed by atoms with Gasteiger partial charge in [-0.25, -0.2) is 13.2 Å². The van der Waals surface area contributed by atoms with Crippen LogP contribution >= 0.6 is 0 Å². The third-order valence-electron chi connectivity index (χ3n) is 3.15. The van der Waals surface area contributed by atoms with Crippen LogP contribution in [-0.4, -0.2) is 19.5 Å². The van der Waals surface area contributed by atoms with Crippen molar-refractivity contribution < 1.29 is 31.5 Å². The van der Waals surface area contributed by atoms with Gasteiger partial charge in [0.2, 0.25) is 0 Å². The minimum absolute atomic E-state index is 0.135. The first-order valence-corrected chi connectivity index (χ1v) is 8.03. The van der Waals surface area contributed by atoms with E-state index in [2.05, 4.69) is 0 Å². The van der Waals surface area contributed by atoms with Crippen LogP contribution in [0.25, 0.3) is 0 Å². The molecule has 9 heteroatoms. The quantitative estimate of drug-likeness (QED) is 0.875. The highest BCUT2D eigenvalue weighted by Gasteiger charge is 2.32. The molecule has 0 bridgehead atoms. The molecule has 0 heterocycles. The van der Waals surface area contributed by atoms with Crippen LogP contribution in [0.1, 0.15) is 21.5 Å². The van der Waals surface area contributed by atoms with E-state index in [9.17, 15) is 26.4 Å². The second-order valence-corrected chi connectivity index (χ2v) is 6.66. The average molecular weight is 359 g/mol. The van der Waals surface area contributed by atoms with E-state index < -0.39 is 39.0 Å². The van der Waals surface area contributed by atoms with Crippen molar-refractivity contribution >= 4 is 21.7 Å². The number of carbonyl (C=O) groups is 1. The Balaban J connectivity index is 2.45. The first kappa shape index (κ1) is 17.8. The minimum atomic E-state index is -4.74. The highest BCUT2D eigenvalue weighted by Crippen LogP contribution is 2.32. The molecule has 0 atom stereocenters. The maximum atomic E-state index is 12.7. The molecule has 0 saturated carbocycles. The van der Waals surface area contributed by atoms with Gasteiger partial charge in [0.1, 0.15) is 0 Å². The number of hydrogen-bond donors (Lipinski definition) is 2. The van der Waals surface area contributed by atoms with Crippen LogP contribution in [0.2, 0.25) is 0 Å². The van der Waals surface area contributed by atoms with Gasteiger partial charge in [-0.1, -0.05) is 17.7 Å². The second-order valence-electron chi connectivity index (χ2n) is 4.98. The Kier molecular flexibility index (Phi) is 4.57. The van der Waals surface area contributed by atoms with Gasteiger partial charge in [0.15, 0.2) is 0 Å². The summed E-state index contributed by atoms with van der Waals surface area (Å²) >= 11 is 0. The Hall–Kier alpha value is -2.55. The number of nitrogens with one attached hydrogen (secondary N) is 1. The predicted molar refractivity (Wildman–Crippen MR) is 80.4 cm³/mol. The number of carboxylic acid groups (broad SMARTS) is 1. The number of aromatic carboxylic acids is 1. The van der Waals surface area contributed by atoms with E-state index in [1.165, 1.54) is 12.1 Å². The van der Waals surface area contributed by atoms with E-state index in [-0.39, 0.29) is 4.90 Å². The zero-order valence-corrected chi connectivity index (χ0v) is 13.1. The number of benzene rings is 2. The Morgan fingerprint density at radius 2 is 1.67 bits per heavy atom. The highest BCUT2D eigenvalue weighted by molar-refractivity contribution is 7.92. The Bertz CT molecular complexity index is 875. The maximum absolute atomic E-state index is 12.7. The SMILES string of the molecule is Cc1ccc(S(=O)(=O)Nc2ccc(C(F)(F)F)cc2C(=O)O)cc1.